The second-order valence-electron chi connectivity index (χ2n) is 4.92. The third-order valence-electron chi connectivity index (χ3n) is 3.35. The number of hydrogen-bond donors (Lipinski definition) is 2. The van der Waals surface area contributed by atoms with E-state index in [2.05, 4.69) is 14.9 Å². The highest BCUT2D eigenvalue weighted by molar-refractivity contribution is 5.80. The van der Waals surface area contributed by atoms with Gasteiger partial charge >= 0.3 is 5.97 Å². The third-order valence-corrected chi connectivity index (χ3v) is 3.35. The van der Waals surface area contributed by atoms with E-state index in [-0.39, 0.29) is 18.7 Å². The topological polar surface area (TPSA) is 84.2 Å². The van der Waals surface area contributed by atoms with Gasteiger partial charge in [-0.1, -0.05) is 12.1 Å². The molecule has 21 heavy (non-hydrogen) atoms. The number of para-hydroxylation sites is 2. The Morgan fingerprint density at radius 3 is 2.76 bits per heavy atom. The summed E-state index contributed by atoms with van der Waals surface area (Å²) in [6.07, 6.45) is 1.44. The van der Waals surface area contributed by atoms with Crippen LogP contribution >= 0.6 is 0 Å². The maximum absolute atomic E-state index is 11.4. The lowest BCUT2D eigenvalue weighted by atomic mass is 10.2. The number of nitrogens with one attached hydrogen (secondary N) is 1. The Kier molecular flexibility index (Phi) is 4.92. The second kappa shape index (κ2) is 6.88. The van der Waals surface area contributed by atoms with Crippen molar-refractivity contribution in [1.82, 2.24) is 14.9 Å². The smallest absolute Gasteiger partial charge is 0.303 e. The van der Waals surface area contributed by atoms with Gasteiger partial charge in [0.15, 0.2) is 0 Å². The van der Waals surface area contributed by atoms with Crippen LogP contribution in [0, 0.1) is 0 Å². The summed E-state index contributed by atoms with van der Waals surface area (Å²) in [6.45, 7) is 0.529. The van der Waals surface area contributed by atoms with Gasteiger partial charge in [0.2, 0.25) is 5.91 Å². The number of fused-ring (bicyclic) bond motifs is 1. The molecule has 2 rings (SSSR count). The van der Waals surface area contributed by atoms with E-state index < -0.39 is 5.97 Å². The minimum absolute atomic E-state index is 0.0294. The summed E-state index contributed by atoms with van der Waals surface area (Å²) < 4.78 is 2.06. The Labute approximate surface area is 122 Å². The van der Waals surface area contributed by atoms with Crippen molar-refractivity contribution in [3.05, 3.63) is 30.1 Å². The molecule has 0 spiro atoms. The predicted molar refractivity (Wildman–Crippen MR) is 78.9 cm³/mol. The maximum atomic E-state index is 11.4. The van der Waals surface area contributed by atoms with Gasteiger partial charge in [0.1, 0.15) is 5.82 Å². The summed E-state index contributed by atoms with van der Waals surface area (Å²) >= 11 is 0. The molecule has 0 aliphatic heterocycles. The van der Waals surface area contributed by atoms with E-state index in [0.29, 0.717) is 6.54 Å². The average Bonchev–Trinajstić information content (AvgIpc) is 2.78. The molecular weight excluding hydrogens is 270 g/mol. The zero-order valence-electron chi connectivity index (χ0n) is 12.0. The molecule has 0 bridgehead atoms. The van der Waals surface area contributed by atoms with E-state index in [9.17, 15) is 9.59 Å². The molecule has 6 heteroatoms. The standard InChI is InChI=1S/C15H19N3O3/c1-18-12-6-3-2-5-11(12)17-13(18)7-4-10-16-14(19)8-9-15(20)21/h2-3,5-6H,4,7-10H2,1H3,(H,16,19)(H,20,21). The zero-order valence-corrected chi connectivity index (χ0v) is 12.0. The fourth-order valence-electron chi connectivity index (χ4n) is 2.20. The Hall–Kier alpha value is -2.37. The first-order valence-electron chi connectivity index (χ1n) is 6.97. The fourth-order valence-corrected chi connectivity index (χ4v) is 2.20. The highest BCUT2D eigenvalue weighted by Crippen LogP contribution is 2.14. The quantitative estimate of drug-likeness (QED) is 0.756. The normalized spacial score (nSPS) is 10.7. The van der Waals surface area contributed by atoms with Gasteiger partial charge in [0.05, 0.1) is 17.5 Å². The van der Waals surface area contributed by atoms with Crippen LogP contribution in [-0.2, 0) is 23.1 Å². The predicted octanol–water partition coefficient (Wildman–Crippen LogP) is 1.49. The molecule has 0 unspecified atom stereocenters. The van der Waals surface area contributed by atoms with Crippen molar-refractivity contribution in [2.45, 2.75) is 25.7 Å². The Balaban J connectivity index is 1.79. The molecule has 0 aliphatic carbocycles. The average molecular weight is 289 g/mol. The highest BCUT2D eigenvalue weighted by atomic mass is 16.4. The molecule has 1 aromatic carbocycles. The van der Waals surface area contributed by atoms with Crippen LogP contribution in [0.2, 0.25) is 0 Å². The SMILES string of the molecule is Cn1c(CCCNC(=O)CCC(=O)O)nc2ccccc21. The van der Waals surface area contributed by atoms with E-state index in [1.165, 1.54) is 0 Å². The summed E-state index contributed by atoms with van der Waals surface area (Å²) in [4.78, 5) is 26.3. The Morgan fingerprint density at radius 2 is 2.05 bits per heavy atom. The number of carbonyl (C=O) groups excluding carboxylic acids is 1. The van der Waals surface area contributed by atoms with Gasteiger partial charge in [-0.15, -0.1) is 0 Å². The minimum atomic E-state index is -0.954. The van der Waals surface area contributed by atoms with Crippen molar-refractivity contribution in [2.75, 3.05) is 6.54 Å². The summed E-state index contributed by atoms with van der Waals surface area (Å²) in [5, 5.41) is 11.2. The van der Waals surface area contributed by atoms with Crippen LogP contribution in [0.4, 0.5) is 0 Å². The second-order valence-corrected chi connectivity index (χ2v) is 4.92. The number of carbonyl (C=O) groups is 2. The van der Waals surface area contributed by atoms with Gasteiger partial charge in [-0.25, -0.2) is 4.98 Å². The number of hydrogen-bond acceptors (Lipinski definition) is 3. The number of amides is 1. The summed E-state index contributed by atoms with van der Waals surface area (Å²) in [5.41, 5.74) is 2.07. The van der Waals surface area contributed by atoms with E-state index in [4.69, 9.17) is 5.11 Å². The van der Waals surface area contributed by atoms with Crippen molar-refractivity contribution in [3.63, 3.8) is 0 Å². The fraction of sp³-hybridized carbons (Fsp3) is 0.400. The summed E-state index contributed by atoms with van der Waals surface area (Å²) in [5.74, 6) is -0.191. The summed E-state index contributed by atoms with van der Waals surface area (Å²) in [6, 6.07) is 7.95. The number of aromatic nitrogens is 2. The number of carboxylic acid groups (broad SMARTS) is 1. The third kappa shape index (κ3) is 4.05. The Bertz CT molecular complexity index is 649. The van der Waals surface area contributed by atoms with Crippen molar-refractivity contribution in [2.24, 2.45) is 7.05 Å². The molecule has 0 fully saturated rings. The van der Waals surface area contributed by atoms with E-state index in [1.54, 1.807) is 0 Å². The molecule has 0 saturated heterocycles. The first-order valence-corrected chi connectivity index (χ1v) is 6.97. The first kappa shape index (κ1) is 15.0. The summed E-state index contributed by atoms with van der Waals surface area (Å²) in [7, 11) is 1.98. The van der Waals surface area contributed by atoms with Gasteiger partial charge in [-0.05, 0) is 18.6 Å². The van der Waals surface area contributed by atoms with E-state index in [1.807, 2.05) is 31.3 Å². The van der Waals surface area contributed by atoms with E-state index in [0.717, 1.165) is 29.7 Å². The largest absolute Gasteiger partial charge is 0.481 e. The van der Waals surface area contributed by atoms with Crippen LogP contribution in [0.25, 0.3) is 11.0 Å². The molecular formula is C15H19N3O3. The molecule has 112 valence electrons. The lowest BCUT2D eigenvalue weighted by Gasteiger charge is -2.05. The number of rotatable bonds is 7. The molecule has 2 aromatic rings. The number of imidazole rings is 1. The number of aryl methyl sites for hydroxylation is 2. The van der Waals surface area contributed by atoms with Gasteiger partial charge in [0.25, 0.3) is 0 Å². The molecule has 0 radical (unpaired) electrons. The lowest BCUT2D eigenvalue weighted by Crippen LogP contribution is -2.25. The van der Waals surface area contributed by atoms with Gasteiger partial charge in [-0.3, -0.25) is 9.59 Å². The number of aliphatic carboxylic acids is 1. The van der Waals surface area contributed by atoms with Crippen molar-refractivity contribution >= 4 is 22.9 Å². The number of carboxylic acids is 1. The Morgan fingerprint density at radius 1 is 1.29 bits per heavy atom. The molecule has 2 N–H and O–H groups in total. The highest BCUT2D eigenvalue weighted by Gasteiger charge is 2.07. The number of nitrogens with zero attached hydrogens (tertiary/aromatic N) is 2. The van der Waals surface area contributed by atoms with Crippen LogP contribution in [0.15, 0.2) is 24.3 Å². The van der Waals surface area contributed by atoms with Crippen LogP contribution in [0.1, 0.15) is 25.1 Å². The van der Waals surface area contributed by atoms with Crippen LogP contribution in [0.3, 0.4) is 0 Å². The van der Waals surface area contributed by atoms with E-state index >= 15 is 0 Å². The molecule has 1 amide bonds. The molecule has 6 nitrogen and oxygen atoms in total. The minimum Gasteiger partial charge on any atom is -0.481 e. The van der Waals surface area contributed by atoms with Gasteiger partial charge in [0, 0.05) is 26.4 Å². The van der Waals surface area contributed by atoms with Crippen molar-refractivity contribution < 1.29 is 14.7 Å². The van der Waals surface area contributed by atoms with Gasteiger partial charge in [-0.2, -0.15) is 0 Å². The molecule has 1 heterocycles. The van der Waals surface area contributed by atoms with Crippen molar-refractivity contribution in [3.8, 4) is 0 Å². The number of benzene rings is 1. The van der Waals surface area contributed by atoms with Gasteiger partial charge < -0.3 is 15.0 Å². The lowest BCUT2D eigenvalue weighted by molar-refractivity contribution is -0.138. The molecule has 1 aromatic heterocycles. The first-order chi connectivity index (χ1) is 10.1. The molecule has 0 atom stereocenters. The molecule has 0 saturated carbocycles. The van der Waals surface area contributed by atoms with Crippen LogP contribution < -0.4 is 5.32 Å². The maximum Gasteiger partial charge on any atom is 0.303 e. The monoisotopic (exact) mass is 289 g/mol. The van der Waals surface area contributed by atoms with Crippen LogP contribution in [0.5, 0.6) is 0 Å². The molecule has 0 aliphatic rings. The zero-order chi connectivity index (χ0) is 15.2. The van der Waals surface area contributed by atoms with Crippen molar-refractivity contribution in [1.29, 1.82) is 0 Å². The van der Waals surface area contributed by atoms with Crippen LogP contribution in [-0.4, -0.2) is 33.1 Å².